The molecule has 8 heteroatoms. The van der Waals surface area contributed by atoms with E-state index in [0.717, 1.165) is 36.3 Å². The van der Waals surface area contributed by atoms with Gasteiger partial charge in [-0.1, -0.05) is 48.5 Å². The molecule has 1 atom stereocenters. The lowest BCUT2D eigenvalue weighted by Gasteiger charge is -2.19. The molecule has 1 heterocycles. The van der Waals surface area contributed by atoms with Crippen molar-refractivity contribution in [3.8, 4) is 5.75 Å². The van der Waals surface area contributed by atoms with Gasteiger partial charge < -0.3 is 19.9 Å². The van der Waals surface area contributed by atoms with Crippen LogP contribution >= 0.6 is 24.0 Å². The van der Waals surface area contributed by atoms with E-state index in [2.05, 4.69) is 39.9 Å². The van der Waals surface area contributed by atoms with E-state index < -0.39 is 0 Å². The van der Waals surface area contributed by atoms with E-state index >= 15 is 0 Å². The number of ether oxygens (including phenoxy) is 1. The maximum atomic E-state index is 5.76. The maximum Gasteiger partial charge on any atom is 0.192 e. The number of nitrogens with one attached hydrogen (secondary N) is 2. The Hall–Kier alpha value is -2.62. The molecule has 31 heavy (non-hydrogen) atoms. The Bertz CT molecular complexity index is 930. The van der Waals surface area contributed by atoms with Gasteiger partial charge in [0.1, 0.15) is 18.1 Å². The molecule has 0 aliphatic rings. The number of benzene rings is 2. The molecule has 0 fully saturated rings. The van der Waals surface area contributed by atoms with E-state index in [-0.39, 0.29) is 30.0 Å². The van der Waals surface area contributed by atoms with Crippen LogP contribution in [0, 0.1) is 6.92 Å². The van der Waals surface area contributed by atoms with Crippen LogP contribution in [-0.4, -0.2) is 33.9 Å². The summed E-state index contributed by atoms with van der Waals surface area (Å²) in [7, 11) is 1.95. The number of rotatable bonds is 9. The average Bonchev–Trinajstić information content (AvgIpc) is 3.10. The Morgan fingerprint density at radius 2 is 1.74 bits per heavy atom. The first-order chi connectivity index (χ1) is 14.6. The highest BCUT2D eigenvalue weighted by Crippen LogP contribution is 2.11. The largest absolute Gasteiger partial charge is 0.494 e. The van der Waals surface area contributed by atoms with Crippen molar-refractivity contribution in [3.63, 3.8) is 0 Å². The monoisotopic (exact) mass is 534 g/mol. The zero-order valence-corrected chi connectivity index (χ0v) is 20.6. The van der Waals surface area contributed by atoms with Crippen molar-refractivity contribution in [3.05, 3.63) is 77.9 Å². The van der Waals surface area contributed by atoms with Crippen LogP contribution in [0.4, 0.5) is 0 Å². The van der Waals surface area contributed by atoms with Crippen LogP contribution in [0.2, 0.25) is 0 Å². The highest BCUT2D eigenvalue weighted by atomic mass is 127. The fraction of sp³-hybridized carbons (Fsp3) is 0.348. The van der Waals surface area contributed by atoms with Gasteiger partial charge >= 0.3 is 0 Å². The number of aliphatic imine (C=N–C) groups is 1. The van der Waals surface area contributed by atoms with Crippen molar-refractivity contribution in [1.82, 2.24) is 25.4 Å². The third kappa shape index (κ3) is 7.86. The number of aryl methyl sites for hydroxylation is 1. The fourth-order valence-electron chi connectivity index (χ4n) is 2.91. The quantitative estimate of drug-likeness (QED) is 0.188. The molecule has 3 rings (SSSR count). The molecule has 0 spiro atoms. The highest BCUT2D eigenvalue weighted by Gasteiger charge is 2.09. The highest BCUT2D eigenvalue weighted by molar-refractivity contribution is 14.0. The molecule has 0 aliphatic carbocycles. The first kappa shape index (κ1) is 24.6. The number of hydrogen-bond acceptors (Lipinski definition) is 4. The van der Waals surface area contributed by atoms with Gasteiger partial charge in [-0.25, -0.2) is 4.99 Å². The first-order valence-electron chi connectivity index (χ1n) is 10.3. The molecule has 0 bridgehead atoms. The van der Waals surface area contributed by atoms with Gasteiger partial charge in [0.2, 0.25) is 0 Å². The molecule has 0 aliphatic heterocycles. The van der Waals surface area contributed by atoms with Crippen molar-refractivity contribution in [2.45, 2.75) is 32.9 Å². The summed E-state index contributed by atoms with van der Waals surface area (Å²) < 4.78 is 7.72. The Balaban J connectivity index is 0.00000341. The van der Waals surface area contributed by atoms with E-state index in [9.17, 15) is 0 Å². The molecule has 7 nitrogen and oxygen atoms in total. The number of guanidine groups is 1. The van der Waals surface area contributed by atoms with Gasteiger partial charge in [-0.2, -0.15) is 0 Å². The van der Waals surface area contributed by atoms with Crippen molar-refractivity contribution >= 4 is 29.9 Å². The zero-order valence-electron chi connectivity index (χ0n) is 18.3. The summed E-state index contributed by atoms with van der Waals surface area (Å²) in [6.45, 7) is 5.90. The Morgan fingerprint density at radius 1 is 1.06 bits per heavy atom. The van der Waals surface area contributed by atoms with Crippen molar-refractivity contribution in [2.24, 2.45) is 12.0 Å². The molecule has 2 N–H and O–H groups in total. The Morgan fingerprint density at radius 3 is 2.39 bits per heavy atom. The smallest absolute Gasteiger partial charge is 0.192 e. The van der Waals surface area contributed by atoms with E-state index in [1.807, 2.05) is 67.1 Å². The van der Waals surface area contributed by atoms with Gasteiger partial charge in [0.25, 0.3) is 0 Å². The van der Waals surface area contributed by atoms with Crippen LogP contribution < -0.4 is 15.4 Å². The van der Waals surface area contributed by atoms with Crippen LogP contribution in [0.15, 0.2) is 65.7 Å². The predicted molar refractivity (Wildman–Crippen MR) is 135 cm³/mol. The summed E-state index contributed by atoms with van der Waals surface area (Å²) in [6, 6.07) is 20.3. The number of aromatic nitrogens is 3. The van der Waals surface area contributed by atoms with Crippen molar-refractivity contribution in [1.29, 1.82) is 0 Å². The normalized spacial score (nSPS) is 12.0. The Labute approximate surface area is 201 Å². The van der Waals surface area contributed by atoms with Crippen LogP contribution in [0.1, 0.15) is 36.6 Å². The Kier molecular flexibility index (Phi) is 10.3. The zero-order chi connectivity index (χ0) is 21.2. The van der Waals surface area contributed by atoms with Crippen LogP contribution in [-0.2, 0) is 13.6 Å². The summed E-state index contributed by atoms with van der Waals surface area (Å²) in [6.07, 6.45) is 0.860. The predicted octanol–water partition coefficient (Wildman–Crippen LogP) is 4.01. The van der Waals surface area contributed by atoms with Gasteiger partial charge in [-0.15, -0.1) is 34.2 Å². The SMILES string of the molecule is Cc1nnc(CN=C(NCCCOc2ccccc2)NC(C)c2ccccc2)n1C.I. The summed E-state index contributed by atoms with van der Waals surface area (Å²) in [5, 5.41) is 15.2. The minimum Gasteiger partial charge on any atom is -0.494 e. The van der Waals surface area contributed by atoms with Crippen LogP contribution in [0.25, 0.3) is 0 Å². The summed E-state index contributed by atoms with van der Waals surface area (Å²) >= 11 is 0. The topological polar surface area (TPSA) is 76.4 Å². The van der Waals surface area contributed by atoms with E-state index in [1.165, 1.54) is 5.56 Å². The summed E-state index contributed by atoms with van der Waals surface area (Å²) in [5.41, 5.74) is 1.20. The molecule has 2 aromatic carbocycles. The number of halogens is 1. The summed E-state index contributed by atoms with van der Waals surface area (Å²) in [5.74, 6) is 3.33. The third-order valence-electron chi connectivity index (χ3n) is 4.84. The number of nitrogens with zero attached hydrogens (tertiary/aromatic N) is 4. The van der Waals surface area contributed by atoms with Crippen molar-refractivity contribution < 1.29 is 4.74 Å². The van der Waals surface area contributed by atoms with Crippen molar-refractivity contribution in [2.75, 3.05) is 13.2 Å². The lowest BCUT2D eigenvalue weighted by molar-refractivity contribution is 0.311. The van der Waals surface area contributed by atoms with Gasteiger partial charge in [0.05, 0.1) is 12.6 Å². The van der Waals surface area contributed by atoms with E-state index in [4.69, 9.17) is 9.73 Å². The maximum absolute atomic E-state index is 5.76. The number of hydrogen-bond donors (Lipinski definition) is 2. The molecule has 0 saturated heterocycles. The van der Waals surface area contributed by atoms with Gasteiger partial charge in [0, 0.05) is 13.6 Å². The molecule has 166 valence electrons. The second kappa shape index (κ2) is 12.9. The third-order valence-corrected chi connectivity index (χ3v) is 4.84. The molecular weight excluding hydrogens is 503 g/mol. The van der Waals surface area contributed by atoms with Gasteiger partial charge in [-0.05, 0) is 38.0 Å². The molecular formula is C23H31IN6O. The second-order valence-electron chi connectivity index (χ2n) is 7.11. The first-order valence-corrected chi connectivity index (χ1v) is 10.3. The molecule has 0 radical (unpaired) electrons. The second-order valence-corrected chi connectivity index (χ2v) is 7.11. The van der Waals surface area contributed by atoms with Crippen LogP contribution in [0.5, 0.6) is 5.75 Å². The molecule has 0 amide bonds. The number of para-hydroxylation sites is 1. The standard InChI is InChI=1S/C23H30N6O.HI/c1-18(20-11-6-4-7-12-20)26-23(25-17-22-28-27-19(2)29(22)3)24-15-10-16-30-21-13-8-5-9-14-21;/h4-9,11-14,18H,10,15-17H2,1-3H3,(H2,24,25,26);1H. The lowest BCUT2D eigenvalue weighted by Crippen LogP contribution is -2.39. The molecule has 1 aromatic heterocycles. The minimum absolute atomic E-state index is 0. The average molecular weight is 534 g/mol. The van der Waals surface area contributed by atoms with E-state index in [0.29, 0.717) is 13.2 Å². The molecule has 0 saturated carbocycles. The molecule has 3 aromatic rings. The van der Waals surface area contributed by atoms with Crippen LogP contribution in [0.3, 0.4) is 0 Å². The van der Waals surface area contributed by atoms with Gasteiger partial charge in [0.15, 0.2) is 11.8 Å². The lowest BCUT2D eigenvalue weighted by atomic mass is 10.1. The fourth-order valence-corrected chi connectivity index (χ4v) is 2.91. The molecule has 1 unspecified atom stereocenters. The van der Waals surface area contributed by atoms with E-state index in [1.54, 1.807) is 0 Å². The summed E-state index contributed by atoms with van der Waals surface area (Å²) in [4.78, 5) is 4.72. The van der Waals surface area contributed by atoms with Gasteiger partial charge in [-0.3, -0.25) is 0 Å². The minimum atomic E-state index is 0.